The van der Waals surface area contributed by atoms with Gasteiger partial charge in [-0.2, -0.15) is 0 Å². The van der Waals surface area contributed by atoms with Crippen molar-refractivity contribution < 1.29 is 19.2 Å². The minimum Gasteiger partial charge on any atom is -0.481 e. The van der Waals surface area contributed by atoms with Gasteiger partial charge < -0.3 is 14.5 Å². The molecule has 1 aromatic heterocycles. The monoisotopic (exact) mass is 223 g/mol. The maximum atomic E-state index is 11.8. The highest BCUT2D eigenvalue weighted by Gasteiger charge is 2.29. The molecule has 1 fully saturated rings. The number of aliphatic carboxylic acids is 1. The SMILES string of the molecule is O=C(O)C1CCCN(C(=O)c2c[c]no2)C1. The molecule has 0 saturated carbocycles. The van der Waals surface area contributed by atoms with E-state index in [-0.39, 0.29) is 18.2 Å². The fraction of sp³-hybridized carbons (Fsp3) is 0.500. The Morgan fingerprint density at radius 1 is 1.62 bits per heavy atom. The largest absolute Gasteiger partial charge is 0.481 e. The second-order valence-electron chi connectivity index (χ2n) is 3.75. The van der Waals surface area contributed by atoms with Crippen LogP contribution in [0.15, 0.2) is 10.6 Å². The molecule has 2 heterocycles. The molecule has 0 spiro atoms. The van der Waals surface area contributed by atoms with E-state index in [2.05, 4.69) is 11.4 Å². The summed E-state index contributed by atoms with van der Waals surface area (Å²) in [6.07, 6.45) is 3.71. The number of piperidine rings is 1. The van der Waals surface area contributed by atoms with E-state index in [0.29, 0.717) is 19.4 Å². The van der Waals surface area contributed by atoms with Gasteiger partial charge in [-0.25, -0.2) is 0 Å². The zero-order valence-electron chi connectivity index (χ0n) is 8.55. The summed E-state index contributed by atoms with van der Waals surface area (Å²) in [7, 11) is 0. The molecule has 1 amide bonds. The molecule has 0 bridgehead atoms. The number of carbonyl (C=O) groups is 2. The van der Waals surface area contributed by atoms with Crippen molar-refractivity contribution in [1.29, 1.82) is 0 Å². The van der Waals surface area contributed by atoms with Gasteiger partial charge in [0.2, 0.25) is 5.76 Å². The van der Waals surface area contributed by atoms with E-state index in [1.807, 2.05) is 0 Å². The van der Waals surface area contributed by atoms with E-state index in [4.69, 9.17) is 9.63 Å². The fourth-order valence-electron chi connectivity index (χ4n) is 1.81. The summed E-state index contributed by atoms with van der Waals surface area (Å²) in [6.45, 7) is 0.790. The molecule has 1 saturated heterocycles. The van der Waals surface area contributed by atoms with Gasteiger partial charge in [0.1, 0.15) is 6.20 Å². The zero-order chi connectivity index (χ0) is 11.5. The number of nitrogens with zero attached hydrogens (tertiary/aromatic N) is 2. The average molecular weight is 223 g/mol. The molecule has 1 N–H and O–H groups in total. The summed E-state index contributed by atoms with van der Waals surface area (Å²) in [6, 6.07) is 1.35. The van der Waals surface area contributed by atoms with Gasteiger partial charge in [0.05, 0.1) is 5.92 Å². The summed E-state index contributed by atoms with van der Waals surface area (Å²) in [5.41, 5.74) is 0. The Balaban J connectivity index is 2.05. The highest BCUT2D eigenvalue weighted by molar-refractivity contribution is 5.91. The first-order chi connectivity index (χ1) is 7.68. The first-order valence-electron chi connectivity index (χ1n) is 5.03. The zero-order valence-corrected chi connectivity index (χ0v) is 8.55. The normalized spacial score (nSPS) is 20.8. The molecular formula is C10H11N2O4. The molecule has 0 aliphatic carbocycles. The van der Waals surface area contributed by atoms with Gasteiger partial charge in [0.25, 0.3) is 5.91 Å². The van der Waals surface area contributed by atoms with Crippen LogP contribution in [0.3, 0.4) is 0 Å². The van der Waals surface area contributed by atoms with Crippen molar-refractivity contribution in [2.24, 2.45) is 5.92 Å². The molecule has 1 aromatic rings. The number of hydrogen-bond acceptors (Lipinski definition) is 4. The standard InChI is InChI=1S/C10H11N2O4/c13-9(8-3-4-11-16-8)12-5-1-2-7(6-12)10(14)15/h3,7H,1-2,5-6H2,(H,14,15). The minimum atomic E-state index is -0.860. The van der Waals surface area contributed by atoms with Gasteiger partial charge in [0, 0.05) is 19.2 Å². The first kappa shape index (κ1) is 10.7. The Kier molecular flexibility index (Phi) is 2.89. The van der Waals surface area contributed by atoms with Gasteiger partial charge in [-0.1, -0.05) is 5.16 Å². The molecule has 16 heavy (non-hydrogen) atoms. The maximum Gasteiger partial charge on any atom is 0.308 e. The van der Waals surface area contributed by atoms with Crippen molar-refractivity contribution >= 4 is 11.9 Å². The van der Waals surface area contributed by atoms with Crippen LogP contribution >= 0.6 is 0 Å². The smallest absolute Gasteiger partial charge is 0.308 e. The van der Waals surface area contributed by atoms with Crippen LogP contribution in [0.2, 0.25) is 0 Å². The van der Waals surface area contributed by atoms with Gasteiger partial charge in [-0.15, -0.1) is 0 Å². The highest BCUT2D eigenvalue weighted by Crippen LogP contribution is 2.18. The number of carboxylic acid groups (broad SMARTS) is 1. The molecular weight excluding hydrogens is 212 g/mol. The van der Waals surface area contributed by atoms with Crippen LogP contribution in [0, 0.1) is 12.1 Å². The second-order valence-corrected chi connectivity index (χ2v) is 3.75. The van der Waals surface area contributed by atoms with Crippen LogP contribution in [0.1, 0.15) is 23.4 Å². The van der Waals surface area contributed by atoms with Crippen LogP contribution < -0.4 is 0 Å². The molecule has 6 heteroatoms. The third kappa shape index (κ3) is 2.05. The van der Waals surface area contributed by atoms with Crippen LogP contribution in [0.25, 0.3) is 0 Å². The predicted molar refractivity (Wildman–Crippen MR) is 51.6 cm³/mol. The number of amides is 1. The molecule has 1 unspecified atom stereocenters. The van der Waals surface area contributed by atoms with E-state index in [1.54, 1.807) is 0 Å². The summed E-state index contributed by atoms with van der Waals surface area (Å²) in [5.74, 6) is -1.56. The fourth-order valence-corrected chi connectivity index (χ4v) is 1.81. The van der Waals surface area contributed by atoms with Crippen LogP contribution in [-0.4, -0.2) is 40.1 Å². The number of carbonyl (C=O) groups excluding carboxylic acids is 1. The third-order valence-corrected chi connectivity index (χ3v) is 2.66. The Bertz CT molecular complexity index is 388. The molecule has 85 valence electrons. The molecule has 1 aliphatic rings. The predicted octanol–water partition coefficient (Wildman–Crippen LogP) is 0.412. The molecule has 1 aliphatic heterocycles. The van der Waals surface area contributed by atoms with E-state index >= 15 is 0 Å². The van der Waals surface area contributed by atoms with Gasteiger partial charge in [-0.05, 0) is 12.8 Å². The van der Waals surface area contributed by atoms with Crippen molar-refractivity contribution in [3.8, 4) is 0 Å². The van der Waals surface area contributed by atoms with E-state index in [1.165, 1.54) is 11.0 Å². The summed E-state index contributed by atoms with van der Waals surface area (Å²) in [4.78, 5) is 24.1. The molecule has 1 radical (unpaired) electrons. The Morgan fingerprint density at radius 2 is 2.44 bits per heavy atom. The van der Waals surface area contributed by atoms with Gasteiger partial charge in [-0.3, -0.25) is 9.59 Å². The average Bonchev–Trinajstić information content (AvgIpc) is 2.81. The van der Waals surface area contributed by atoms with Gasteiger partial charge >= 0.3 is 5.97 Å². The number of rotatable bonds is 2. The van der Waals surface area contributed by atoms with E-state index in [9.17, 15) is 9.59 Å². The molecule has 1 atom stereocenters. The summed E-state index contributed by atoms with van der Waals surface area (Å²) >= 11 is 0. The van der Waals surface area contributed by atoms with Crippen LogP contribution in [0.5, 0.6) is 0 Å². The third-order valence-electron chi connectivity index (χ3n) is 2.66. The molecule has 0 aromatic carbocycles. The highest BCUT2D eigenvalue weighted by atomic mass is 16.5. The van der Waals surface area contributed by atoms with Crippen molar-refractivity contribution in [2.45, 2.75) is 12.8 Å². The second kappa shape index (κ2) is 4.34. The Hall–Kier alpha value is -1.85. The lowest BCUT2D eigenvalue weighted by atomic mass is 9.98. The summed E-state index contributed by atoms with van der Waals surface area (Å²) < 4.78 is 4.70. The van der Waals surface area contributed by atoms with E-state index < -0.39 is 11.9 Å². The van der Waals surface area contributed by atoms with Crippen LogP contribution in [0.4, 0.5) is 0 Å². The number of carboxylic acids is 1. The lowest BCUT2D eigenvalue weighted by Crippen LogP contribution is -2.42. The van der Waals surface area contributed by atoms with Crippen molar-refractivity contribution in [2.75, 3.05) is 13.1 Å². The number of aromatic nitrogens is 1. The topological polar surface area (TPSA) is 83.6 Å². The van der Waals surface area contributed by atoms with Crippen LogP contribution in [-0.2, 0) is 4.79 Å². The number of likely N-dealkylation sites (tertiary alicyclic amines) is 1. The van der Waals surface area contributed by atoms with Crippen molar-refractivity contribution in [3.05, 3.63) is 18.0 Å². The number of hydrogen-bond donors (Lipinski definition) is 1. The Labute approximate surface area is 91.8 Å². The lowest BCUT2D eigenvalue weighted by molar-refractivity contribution is -0.143. The first-order valence-corrected chi connectivity index (χ1v) is 5.03. The Morgan fingerprint density at radius 3 is 3.06 bits per heavy atom. The maximum absolute atomic E-state index is 11.8. The van der Waals surface area contributed by atoms with Crippen molar-refractivity contribution in [3.63, 3.8) is 0 Å². The molecule has 6 nitrogen and oxygen atoms in total. The van der Waals surface area contributed by atoms with Crippen molar-refractivity contribution in [1.82, 2.24) is 10.1 Å². The quantitative estimate of drug-likeness (QED) is 0.785. The lowest BCUT2D eigenvalue weighted by Gasteiger charge is -2.29. The molecule has 2 rings (SSSR count). The van der Waals surface area contributed by atoms with Gasteiger partial charge in [0.15, 0.2) is 0 Å². The van der Waals surface area contributed by atoms with E-state index in [0.717, 1.165) is 0 Å². The minimum absolute atomic E-state index is 0.103. The summed E-state index contributed by atoms with van der Waals surface area (Å²) in [5, 5.41) is 12.2.